The van der Waals surface area contributed by atoms with Crippen LogP contribution in [0.3, 0.4) is 0 Å². The van der Waals surface area contributed by atoms with Gasteiger partial charge in [-0.25, -0.2) is 0 Å². The van der Waals surface area contributed by atoms with Gasteiger partial charge in [-0.2, -0.15) is 0 Å². The van der Waals surface area contributed by atoms with Crippen molar-refractivity contribution in [2.45, 2.75) is 25.2 Å². The monoisotopic (exact) mass is 276 g/mol. The number of benzene rings is 2. The third-order valence-corrected chi connectivity index (χ3v) is 4.25. The van der Waals surface area contributed by atoms with Gasteiger partial charge in [-0.05, 0) is 60.1 Å². The summed E-state index contributed by atoms with van der Waals surface area (Å²) in [5, 5.41) is 0.794. The van der Waals surface area contributed by atoms with Crippen LogP contribution in [0.25, 0.3) is 11.1 Å². The molecule has 0 amide bonds. The molecule has 18 heavy (non-hydrogen) atoms. The summed E-state index contributed by atoms with van der Waals surface area (Å²) in [6, 6.07) is 14.7. The van der Waals surface area contributed by atoms with Gasteiger partial charge in [-0.15, -0.1) is 11.8 Å². The fourth-order valence-corrected chi connectivity index (χ4v) is 2.88. The van der Waals surface area contributed by atoms with Crippen molar-refractivity contribution in [1.82, 2.24) is 0 Å². The van der Waals surface area contributed by atoms with Crippen molar-refractivity contribution in [3.05, 3.63) is 53.1 Å². The summed E-state index contributed by atoms with van der Waals surface area (Å²) in [6.07, 6.45) is 1.20. The topological polar surface area (TPSA) is 0 Å². The molecular weight excluding hydrogens is 260 g/mol. The first kappa shape index (κ1) is 13.5. The van der Waals surface area contributed by atoms with E-state index in [0.29, 0.717) is 0 Å². The summed E-state index contributed by atoms with van der Waals surface area (Å²) < 4.78 is 0. The van der Waals surface area contributed by atoms with Crippen LogP contribution in [0.5, 0.6) is 0 Å². The number of rotatable bonds is 4. The summed E-state index contributed by atoms with van der Waals surface area (Å²) in [4.78, 5) is 1.33. The zero-order valence-corrected chi connectivity index (χ0v) is 12.3. The van der Waals surface area contributed by atoms with E-state index in [4.69, 9.17) is 11.6 Å². The minimum atomic E-state index is 0.794. The van der Waals surface area contributed by atoms with Gasteiger partial charge in [0.25, 0.3) is 0 Å². The van der Waals surface area contributed by atoms with Crippen molar-refractivity contribution in [3.8, 4) is 11.1 Å². The molecular formula is C16H17ClS. The molecule has 0 atom stereocenters. The van der Waals surface area contributed by atoms with E-state index in [0.717, 1.165) is 10.8 Å². The highest BCUT2D eigenvalue weighted by Crippen LogP contribution is 2.30. The summed E-state index contributed by atoms with van der Waals surface area (Å²) in [5.74, 6) is 1.16. The SMILES string of the molecule is CCCSc1cccc(-c2cc(Cl)ccc2C)c1. The molecule has 2 aromatic carbocycles. The molecule has 0 saturated heterocycles. The standard InChI is InChI=1S/C16H17ClS/c1-3-9-18-15-6-4-5-13(10-15)16-11-14(17)8-7-12(16)2/h4-8,10-11H,3,9H2,1-2H3. The lowest BCUT2D eigenvalue weighted by atomic mass is 10.0. The highest BCUT2D eigenvalue weighted by Gasteiger charge is 2.04. The molecule has 0 unspecified atom stereocenters. The maximum absolute atomic E-state index is 6.08. The fourth-order valence-electron chi connectivity index (χ4n) is 1.88. The molecule has 0 saturated carbocycles. The van der Waals surface area contributed by atoms with Gasteiger partial charge in [0.1, 0.15) is 0 Å². The normalized spacial score (nSPS) is 10.6. The van der Waals surface area contributed by atoms with Crippen LogP contribution in [0.4, 0.5) is 0 Å². The average molecular weight is 277 g/mol. The van der Waals surface area contributed by atoms with Crippen LogP contribution in [0.15, 0.2) is 47.4 Å². The molecule has 0 aliphatic rings. The van der Waals surface area contributed by atoms with Crippen LogP contribution < -0.4 is 0 Å². The van der Waals surface area contributed by atoms with E-state index < -0.39 is 0 Å². The second-order valence-electron chi connectivity index (χ2n) is 4.34. The van der Waals surface area contributed by atoms with Crippen LogP contribution in [0.1, 0.15) is 18.9 Å². The highest BCUT2D eigenvalue weighted by molar-refractivity contribution is 7.99. The molecule has 0 nitrogen and oxygen atoms in total. The maximum atomic E-state index is 6.08. The lowest BCUT2D eigenvalue weighted by Crippen LogP contribution is -1.84. The molecule has 2 rings (SSSR count). The Bertz CT molecular complexity index is 534. The van der Waals surface area contributed by atoms with Crippen LogP contribution in [0.2, 0.25) is 5.02 Å². The van der Waals surface area contributed by atoms with Crippen molar-refractivity contribution in [2.75, 3.05) is 5.75 Å². The van der Waals surface area contributed by atoms with Crippen LogP contribution in [-0.4, -0.2) is 5.75 Å². The van der Waals surface area contributed by atoms with E-state index in [-0.39, 0.29) is 0 Å². The minimum absolute atomic E-state index is 0.794. The Kier molecular flexibility index (Phi) is 4.73. The number of hydrogen-bond acceptors (Lipinski definition) is 1. The molecule has 2 aromatic rings. The van der Waals surface area contributed by atoms with Gasteiger partial charge in [0, 0.05) is 9.92 Å². The number of thioether (sulfide) groups is 1. The average Bonchev–Trinajstić information content (AvgIpc) is 2.39. The van der Waals surface area contributed by atoms with Crippen LogP contribution >= 0.6 is 23.4 Å². The Hall–Kier alpha value is -0.920. The molecule has 0 heterocycles. The lowest BCUT2D eigenvalue weighted by molar-refractivity contribution is 1.10. The first-order chi connectivity index (χ1) is 8.70. The van der Waals surface area contributed by atoms with E-state index in [1.807, 2.05) is 23.9 Å². The Morgan fingerprint density at radius 3 is 2.72 bits per heavy atom. The zero-order valence-electron chi connectivity index (χ0n) is 10.7. The summed E-state index contributed by atoms with van der Waals surface area (Å²) in [7, 11) is 0. The van der Waals surface area contributed by atoms with Crippen molar-refractivity contribution >= 4 is 23.4 Å². The molecule has 0 aliphatic carbocycles. The Labute approximate surface area is 118 Å². The summed E-state index contributed by atoms with van der Waals surface area (Å²) in [5.41, 5.74) is 3.73. The molecule has 0 radical (unpaired) electrons. The quantitative estimate of drug-likeness (QED) is 0.634. The Morgan fingerprint density at radius 1 is 1.11 bits per heavy atom. The molecule has 0 N–H and O–H groups in total. The van der Waals surface area contributed by atoms with Crippen molar-refractivity contribution in [2.24, 2.45) is 0 Å². The highest BCUT2D eigenvalue weighted by atomic mass is 35.5. The van der Waals surface area contributed by atoms with Crippen molar-refractivity contribution in [1.29, 1.82) is 0 Å². The molecule has 2 heteroatoms. The van der Waals surface area contributed by atoms with E-state index in [9.17, 15) is 0 Å². The Morgan fingerprint density at radius 2 is 1.94 bits per heavy atom. The number of hydrogen-bond donors (Lipinski definition) is 0. The van der Waals surface area contributed by atoms with E-state index in [1.54, 1.807) is 0 Å². The van der Waals surface area contributed by atoms with Gasteiger partial charge in [0.2, 0.25) is 0 Å². The number of aryl methyl sites for hydroxylation is 1. The predicted octanol–water partition coefficient (Wildman–Crippen LogP) is 5.82. The van der Waals surface area contributed by atoms with Crippen molar-refractivity contribution in [3.63, 3.8) is 0 Å². The zero-order chi connectivity index (χ0) is 13.0. The largest absolute Gasteiger partial charge is 0.126 e. The smallest absolute Gasteiger partial charge is 0.0412 e. The second kappa shape index (κ2) is 6.31. The first-order valence-electron chi connectivity index (χ1n) is 6.20. The van der Waals surface area contributed by atoms with Gasteiger partial charge in [0.05, 0.1) is 0 Å². The van der Waals surface area contributed by atoms with E-state index in [2.05, 4.69) is 44.2 Å². The maximum Gasteiger partial charge on any atom is 0.0412 e. The lowest BCUT2D eigenvalue weighted by Gasteiger charge is -2.08. The van der Waals surface area contributed by atoms with Gasteiger partial charge in [-0.1, -0.05) is 36.7 Å². The van der Waals surface area contributed by atoms with E-state index >= 15 is 0 Å². The van der Waals surface area contributed by atoms with Gasteiger partial charge in [0.15, 0.2) is 0 Å². The molecule has 0 spiro atoms. The van der Waals surface area contributed by atoms with Gasteiger partial charge in [-0.3, -0.25) is 0 Å². The second-order valence-corrected chi connectivity index (χ2v) is 5.94. The van der Waals surface area contributed by atoms with E-state index in [1.165, 1.54) is 28.0 Å². The van der Waals surface area contributed by atoms with Crippen LogP contribution in [0, 0.1) is 6.92 Å². The minimum Gasteiger partial charge on any atom is -0.126 e. The third kappa shape index (κ3) is 3.30. The predicted molar refractivity (Wildman–Crippen MR) is 82.6 cm³/mol. The van der Waals surface area contributed by atoms with Crippen LogP contribution in [-0.2, 0) is 0 Å². The Balaban J connectivity index is 2.35. The molecule has 94 valence electrons. The van der Waals surface area contributed by atoms with Crippen molar-refractivity contribution < 1.29 is 0 Å². The molecule has 0 bridgehead atoms. The van der Waals surface area contributed by atoms with Gasteiger partial charge >= 0.3 is 0 Å². The third-order valence-electron chi connectivity index (χ3n) is 2.82. The molecule has 0 aliphatic heterocycles. The molecule has 0 aromatic heterocycles. The summed E-state index contributed by atoms with van der Waals surface area (Å²) in [6.45, 7) is 4.33. The summed E-state index contributed by atoms with van der Waals surface area (Å²) >= 11 is 7.99. The first-order valence-corrected chi connectivity index (χ1v) is 7.56. The number of halogens is 1. The van der Waals surface area contributed by atoms with Gasteiger partial charge < -0.3 is 0 Å². The fraction of sp³-hybridized carbons (Fsp3) is 0.250. The molecule has 0 fully saturated rings.